The summed E-state index contributed by atoms with van der Waals surface area (Å²) in [6.45, 7) is 9.77. The lowest BCUT2D eigenvalue weighted by Gasteiger charge is -2.23. The summed E-state index contributed by atoms with van der Waals surface area (Å²) >= 11 is 0. The lowest BCUT2D eigenvalue weighted by atomic mass is 9.92. The molecule has 1 saturated heterocycles. The summed E-state index contributed by atoms with van der Waals surface area (Å²) < 4.78 is 7.16. The van der Waals surface area contributed by atoms with Crippen molar-refractivity contribution in [3.05, 3.63) is 41.6 Å². The van der Waals surface area contributed by atoms with Crippen molar-refractivity contribution in [3.63, 3.8) is 0 Å². The molecule has 2 amide bonds. The van der Waals surface area contributed by atoms with Crippen molar-refractivity contribution in [1.29, 1.82) is 0 Å². The van der Waals surface area contributed by atoms with Crippen molar-refractivity contribution in [2.45, 2.75) is 52.0 Å². The van der Waals surface area contributed by atoms with Gasteiger partial charge < -0.3 is 10.1 Å². The average Bonchev–Trinajstić information content (AvgIpc) is 3.00. The number of benzene rings is 1. The number of para-hydroxylation sites is 1. The van der Waals surface area contributed by atoms with Crippen LogP contribution in [0.5, 0.6) is 0 Å². The van der Waals surface area contributed by atoms with Crippen molar-refractivity contribution in [1.82, 2.24) is 15.1 Å². The Bertz CT molecular complexity index is 770. The molecule has 0 spiro atoms. The predicted molar refractivity (Wildman–Crippen MR) is 103 cm³/mol. The molecule has 0 saturated carbocycles. The number of carbonyl (C=O) groups is 1. The van der Waals surface area contributed by atoms with Crippen LogP contribution in [-0.2, 0) is 10.2 Å². The fourth-order valence-electron chi connectivity index (χ4n) is 3.00. The van der Waals surface area contributed by atoms with Crippen LogP contribution in [0.2, 0.25) is 0 Å². The van der Waals surface area contributed by atoms with Crippen LogP contribution < -0.4 is 10.6 Å². The number of hydrogen-bond donors (Lipinski definition) is 2. The van der Waals surface area contributed by atoms with E-state index in [9.17, 15) is 4.79 Å². The normalized spacial score (nSPS) is 15.7. The van der Waals surface area contributed by atoms with Crippen LogP contribution in [0.3, 0.4) is 0 Å². The fourth-order valence-corrected chi connectivity index (χ4v) is 3.00. The van der Waals surface area contributed by atoms with E-state index in [1.54, 1.807) is 0 Å². The van der Waals surface area contributed by atoms with E-state index in [2.05, 4.69) is 31.4 Å². The second-order valence-electron chi connectivity index (χ2n) is 7.85. The SMILES string of the molecule is Cc1ccccc1-n1nc(C(C)(C)C)cc1NC(=O)NC1CCOCC1. The first-order valence-electron chi connectivity index (χ1n) is 9.16. The van der Waals surface area contributed by atoms with Crippen LogP contribution in [0.15, 0.2) is 30.3 Å². The monoisotopic (exact) mass is 356 g/mol. The highest BCUT2D eigenvalue weighted by Gasteiger charge is 2.23. The third kappa shape index (κ3) is 4.25. The molecule has 0 unspecified atom stereocenters. The summed E-state index contributed by atoms with van der Waals surface area (Å²) in [7, 11) is 0. The van der Waals surface area contributed by atoms with Crippen LogP contribution >= 0.6 is 0 Å². The van der Waals surface area contributed by atoms with Gasteiger partial charge in [-0.1, -0.05) is 39.0 Å². The zero-order valence-corrected chi connectivity index (χ0v) is 16.0. The molecule has 0 bridgehead atoms. The van der Waals surface area contributed by atoms with Crippen molar-refractivity contribution >= 4 is 11.8 Å². The Morgan fingerprint density at radius 3 is 2.58 bits per heavy atom. The van der Waals surface area contributed by atoms with Gasteiger partial charge in [0, 0.05) is 30.7 Å². The van der Waals surface area contributed by atoms with E-state index < -0.39 is 0 Å². The molecule has 0 radical (unpaired) electrons. The minimum atomic E-state index is -0.202. The smallest absolute Gasteiger partial charge is 0.320 e. The highest BCUT2D eigenvalue weighted by Crippen LogP contribution is 2.27. The molecule has 2 N–H and O–H groups in total. The first-order valence-corrected chi connectivity index (χ1v) is 9.16. The van der Waals surface area contributed by atoms with Gasteiger partial charge in [0.2, 0.25) is 0 Å². The number of anilines is 1. The zero-order chi connectivity index (χ0) is 18.7. The molecule has 1 aromatic heterocycles. The molecular formula is C20H28N4O2. The first-order chi connectivity index (χ1) is 12.3. The number of carbonyl (C=O) groups excluding carboxylic acids is 1. The highest BCUT2D eigenvalue weighted by molar-refractivity contribution is 5.89. The van der Waals surface area contributed by atoms with Crippen LogP contribution in [0.25, 0.3) is 5.69 Å². The number of ether oxygens (including phenoxy) is 1. The van der Waals surface area contributed by atoms with E-state index >= 15 is 0 Å². The van der Waals surface area contributed by atoms with Gasteiger partial charge in [0.15, 0.2) is 0 Å². The predicted octanol–water partition coefficient (Wildman–Crippen LogP) is 3.78. The van der Waals surface area contributed by atoms with Crippen LogP contribution in [0.1, 0.15) is 44.9 Å². The third-order valence-electron chi connectivity index (χ3n) is 4.62. The van der Waals surface area contributed by atoms with Crippen LogP contribution in [-0.4, -0.2) is 35.1 Å². The van der Waals surface area contributed by atoms with Crippen LogP contribution in [0, 0.1) is 6.92 Å². The summed E-state index contributed by atoms with van der Waals surface area (Å²) in [6.07, 6.45) is 1.69. The van der Waals surface area contributed by atoms with E-state index in [0.29, 0.717) is 19.0 Å². The van der Waals surface area contributed by atoms with Crippen molar-refractivity contribution < 1.29 is 9.53 Å². The van der Waals surface area contributed by atoms with Gasteiger partial charge in [-0.05, 0) is 31.4 Å². The van der Waals surface area contributed by atoms with Crippen molar-refractivity contribution in [2.24, 2.45) is 0 Å². The second kappa shape index (κ2) is 7.50. The van der Waals surface area contributed by atoms with E-state index in [4.69, 9.17) is 9.84 Å². The molecule has 26 heavy (non-hydrogen) atoms. The molecule has 0 atom stereocenters. The molecule has 2 heterocycles. The van der Waals surface area contributed by atoms with E-state index in [1.807, 2.05) is 41.9 Å². The van der Waals surface area contributed by atoms with Gasteiger partial charge in [-0.25, -0.2) is 9.48 Å². The highest BCUT2D eigenvalue weighted by atomic mass is 16.5. The van der Waals surface area contributed by atoms with Gasteiger partial charge in [-0.15, -0.1) is 0 Å². The summed E-state index contributed by atoms with van der Waals surface area (Å²) in [6, 6.07) is 9.93. The van der Waals surface area contributed by atoms with Gasteiger partial charge >= 0.3 is 6.03 Å². The molecule has 1 aromatic carbocycles. The molecule has 6 nitrogen and oxygen atoms in total. The Morgan fingerprint density at radius 2 is 1.92 bits per heavy atom. The fraction of sp³-hybridized carbons (Fsp3) is 0.500. The summed E-state index contributed by atoms with van der Waals surface area (Å²) in [4.78, 5) is 12.5. The Balaban J connectivity index is 1.86. The number of nitrogens with zero attached hydrogens (tertiary/aromatic N) is 2. The van der Waals surface area contributed by atoms with E-state index in [-0.39, 0.29) is 17.5 Å². The van der Waals surface area contributed by atoms with Crippen LogP contribution in [0.4, 0.5) is 10.6 Å². The van der Waals surface area contributed by atoms with E-state index in [1.165, 1.54) is 0 Å². The molecule has 1 aliphatic rings. The maximum absolute atomic E-state index is 12.5. The lowest BCUT2D eigenvalue weighted by Crippen LogP contribution is -2.41. The van der Waals surface area contributed by atoms with Crippen molar-refractivity contribution in [3.8, 4) is 5.69 Å². The number of aryl methyl sites for hydroxylation is 1. The Morgan fingerprint density at radius 1 is 1.23 bits per heavy atom. The average molecular weight is 356 g/mol. The number of nitrogens with one attached hydrogen (secondary N) is 2. The standard InChI is InChI=1S/C20H28N4O2/c1-14-7-5-6-8-16(14)24-18(13-17(23-24)20(2,3)4)22-19(25)21-15-9-11-26-12-10-15/h5-8,13,15H,9-12H2,1-4H3,(H2,21,22,25). The number of rotatable bonds is 3. The Hall–Kier alpha value is -2.34. The quantitative estimate of drug-likeness (QED) is 0.879. The molecule has 6 heteroatoms. The largest absolute Gasteiger partial charge is 0.381 e. The summed E-state index contributed by atoms with van der Waals surface area (Å²) in [5, 5.41) is 10.8. The minimum Gasteiger partial charge on any atom is -0.381 e. The minimum absolute atomic E-state index is 0.110. The third-order valence-corrected chi connectivity index (χ3v) is 4.62. The lowest BCUT2D eigenvalue weighted by molar-refractivity contribution is 0.0806. The van der Waals surface area contributed by atoms with Gasteiger partial charge in [-0.3, -0.25) is 5.32 Å². The molecule has 3 rings (SSSR count). The summed E-state index contributed by atoms with van der Waals surface area (Å²) in [5.74, 6) is 0.675. The number of aromatic nitrogens is 2. The maximum atomic E-state index is 12.5. The molecule has 0 aliphatic carbocycles. The summed E-state index contributed by atoms with van der Waals surface area (Å²) in [5.41, 5.74) is 2.89. The molecule has 140 valence electrons. The molecule has 1 aliphatic heterocycles. The van der Waals surface area contributed by atoms with Gasteiger partial charge in [0.1, 0.15) is 5.82 Å². The zero-order valence-electron chi connectivity index (χ0n) is 16.0. The van der Waals surface area contributed by atoms with E-state index in [0.717, 1.165) is 29.8 Å². The Kier molecular flexibility index (Phi) is 5.32. The number of urea groups is 1. The molecule has 2 aromatic rings. The second-order valence-corrected chi connectivity index (χ2v) is 7.85. The van der Waals surface area contributed by atoms with Gasteiger partial charge in [0.25, 0.3) is 0 Å². The van der Waals surface area contributed by atoms with Gasteiger partial charge in [-0.2, -0.15) is 5.10 Å². The molecular weight excluding hydrogens is 328 g/mol. The first kappa shape index (κ1) is 18.5. The number of amides is 2. The topological polar surface area (TPSA) is 68.2 Å². The Labute approximate surface area is 154 Å². The molecule has 1 fully saturated rings. The maximum Gasteiger partial charge on any atom is 0.320 e. The van der Waals surface area contributed by atoms with Crippen molar-refractivity contribution in [2.75, 3.05) is 18.5 Å². The number of hydrogen-bond acceptors (Lipinski definition) is 3. The van der Waals surface area contributed by atoms with Gasteiger partial charge in [0.05, 0.1) is 11.4 Å².